The Morgan fingerprint density at radius 3 is 2.35 bits per heavy atom. The van der Waals surface area contributed by atoms with E-state index in [2.05, 4.69) is 30.5 Å². The highest BCUT2D eigenvalue weighted by Crippen LogP contribution is 2.48. The summed E-state index contributed by atoms with van der Waals surface area (Å²) in [7, 11) is 0. The van der Waals surface area contributed by atoms with Gasteiger partial charge in [-0.25, -0.2) is 9.59 Å². The van der Waals surface area contributed by atoms with Crippen molar-refractivity contribution < 1.29 is 19.1 Å². The first-order chi connectivity index (χ1) is 16.5. The van der Waals surface area contributed by atoms with Crippen molar-refractivity contribution in [3.05, 3.63) is 89.5 Å². The summed E-state index contributed by atoms with van der Waals surface area (Å²) in [6.45, 7) is 10.9. The predicted molar refractivity (Wildman–Crippen MR) is 136 cm³/mol. The van der Waals surface area contributed by atoms with Crippen LogP contribution in [0.25, 0.3) is 5.76 Å². The van der Waals surface area contributed by atoms with E-state index in [1.54, 1.807) is 36.9 Å². The number of benzene rings is 3. The van der Waals surface area contributed by atoms with Crippen LogP contribution < -0.4 is 4.90 Å². The van der Waals surface area contributed by atoms with Crippen LogP contribution in [0.3, 0.4) is 0 Å². The van der Waals surface area contributed by atoms with Gasteiger partial charge in [-0.05, 0) is 74.4 Å². The molecule has 3 aromatic carbocycles. The molecule has 3 aromatic rings. The lowest BCUT2D eigenvalue weighted by Gasteiger charge is -2.32. The summed E-state index contributed by atoms with van der Waals surface area (Å²) in [4.78, 5) is 29.6. The molecule has 0 saturated carbocycles. The average Bonchev–Trinajstić information content (AvgIpc) is 2.86. The highest BCUT2D eigenvalue weighted by Gasteiger charge is 2.23. The Bertz CT molecular complexity index is 1270. The van der Waals surface area contributed by atoms with Crippen molar-refractivity contribution in [2.75, 3.05) is 18.1 Å². The number of rotatable bonds is 7. The Balaban J connectivity index is 1.56. The molecule has 0 N–H and O–H groups in total. The highest BCUT2D eigenvalue weighted by molar-refractivity contribution is 7.99. The smallest absolute Gasteiger partial charge is 0.343 e. The van der Waals surface area contributed by atoms with Crippen molar-refractivity contribution in [2.24, 2.45) is 0 Å². The van der Waals surface area contributed by atoms with Crippen LogP contribution in [0.4, 0.5) is 11.4 Å². The highest BCUT2D eigenvalue weighted by atomic mass is 32.2. The summed E-state index contributed by atoms with van der Waals surface area (Å²) in [6.07, 6.45) is 0.574. The number of esters is 2. The quantitative estimate of drug-likeness (QED) is 0.275. The summed E-state index contributed by atoms with van der Waals surface area (Å²) >= 11 is 1.73. The van der Waals surface area contributed by atoms with E-state index in [-0.39, 0.29) is 5.76 Å². The summed E-state index contributed by atoms with van der Waals surface area (Å²) in [5.74, 6) is -0.623. The second kappa shape index (κ2) is 10.2. The average molecular weight is 474 g/mol. The second-order valence-electron chi connectivity index (χ2n) is 7.76. The number of para-hydroxylation sites is 1. The Kier molecular flexibility index (Phi) is 7.08. The van der Waals surface area contributed by atoms with Gasteiger partial charge in [-0.3, -0.25) is 0 Å². The van der Waals surface area contributed by atoms with Gasteiger partial charge in [-0.15, -0.1) is 0 Å². The largest absolute Gasteiger partial charge is 0.462 e. The van der Waals surface area contributed by atoms with E-state index in [1.807, 2.05) is 37.3 Å². The topological polar surface area (TPSA) is 55.8 Å². The van der Waals surface area contributed by atoms with Gasteiger partial charge in [0.2, 0.25) is 0 Å². The van der Waals surface area contributed by atoms with Crippen molar-refractivity contribution in [3.8, 4) is 0 Å². The number of hydrogen-bond acceptors (Lipinski definition) is 6. The van der Waals surface area contributed by atoms with Crippen LogP contribution in [0.5, 0.6) is 0 Å². The number of ether oxygens (including phenoxy) is 2. The number of carbonyl (C=O) groups is 2. The Morgan fingerprint density at radius 1 is 0.882 bits per heavy atom. The van der Waals surface area contributed by atoms with E-state index >= 15 is 0 Å². The number of aryl methyl sites for hydroxylation is 1. The molecule has 0 unspecified atom stereocenters. The molecule has 0 fully saturated rings. The molecule has 0 aliphatic carbocycles. The third-order valence-electron chi connectivity index (χ3n) is 5.70. The lowest BCUT2D eigenvalue weighted by molar-refractivity contribution is 0.0525. The van der Waals surface area contributed by atoms with Gasteiger partial charge in [0.15, 0.2) is 0 Å². The van der Waals surface area contributed by atoms with Gasteiger partial charge >= 0.3 is 11.9 Å². The molecule has 4 rings (SSSR count). The van der Waals surface area contributed by atoms with E-state index in [0.717, 1.165) is 33.9 Å². The molecule has 1 aliphatic heterocycles. The molecular formula is C28H27NO4S. The first kappa shape index (κ1) is 23.6. The SMILES string of the molecule is C=C(OC(=O)c1ccc(C(=O)OCC)cc1CC)c1ccc2c(c1)N(CC)c1ccccc1S2. The molecule has 0 saturated heterocycles. The van der Waals surface area contributed by atoms with Crippen LogP contribution >= 0.6 is 11.8 Å². The molecule has 1 aliphatic rings. The lowest BCUT2D eigenvalue weighted by atomic mass is 10.0. The van der Waals surface area contributed by atoms with Gasteiger partial charge in [0.25, 0.3) is 0 Å². The molecule has 1 heterocycles. The van der Waals surface area contributed by atoms with Crippen LogP contribution in [0, 0.1) is 0 Å². The van der Waals surface area contributed by atoms with Gasteiger partial charge in [-0.1, -0.05) is 37.4 Å². The molecule has 34 heavy (non-hydrogen) atoms. The second-order valence-corrected chi connectivity index (χ2v) is 8.84. The van der Waals surface area contributed by atoms with E-state index in [1.165, 1.54) is 4.90 Å². The minimum absolute atomic E-state index is 0.282. The van der Waals surface area contributed by atoms with Crippen molar-refractivity contribution >= 4 is 40.8 Å². The minimum Gasteiger partial charge on any atom is -0.462 e. The number of nitrogens with zero attached hydrogens (tertiary/aromatic N) is 1. The maximum absolute atomic E-state index is 13.0. The van der Waals surface area contributed by atoms with Crippen molar-refractivity contribution in [2.45, 2.75) is 37.0 Å². The zero-order chi connectivity index (χ0) is 24.2. The zero-order valence-electron chi connectivity index (χ0n) is 19.6. The first-order valence-corrected chi connectivity index (χ1v) is 12.2. The van der Waals surface area contributed by atoms with Gasteiger partial charge in [0, 0.05) is 21.9 Å². The first-order valence-electron chi connectivity index (χ1n) is 11.4. The van der Waals surface area contributed by atoms with E-state index in [9.17, 15) is 9.59 Å². The molecule has 5 nitrogen and oxygen atoms in total. The van der Waals surface area contributed by atoms with Crippen LogP contribution in [-0.2, 0) is 15.9 Å². The molecule has 0 radical (unpaired) electrons. The Labute approximate surface area is 204 Å². The Hall–Kier alpha value is -3.51. The Morgan fingerprint density at radius 2 is 1.62 bits per heavy atom. The van der Waals surface area contributed by atoms with E-state index in [4.69, 9.17) is 9.47 Å². The van der Waals surface area contributed by atoms with Crippen molar-refractivity contribution in [3.63, 3.8) is 0 Å². The predicted octanol–water partition coefficient (Wildman–Crippen LogP) is 6.88. The monoisotopic (exact) mass is 473 g/mol. The van der Waals surface area contributed by atoms with Gasteiger partial charge in [-0.2, -0.15) is 0 Å². The van der Waals surface area contributed by atoms with Gasteiger partial charge < -0.3 is 14.4 Å². The lowest BCUT2D eigenvalue weighted by Crippen LogP contribution is -2.20. The summed E-state index contributed by atoms with van der Waals surface area (Å²) in [6, 6.07) is 19.2. The number of carbonyl (C=O) groups excluding carboxylic acids is 2. The van der Waals surface area contributed by atoms with Crippen LogP contribution in [0.15, 0.2) is 77.0 Å². The summed E-state index contributed by atoms with van der Waals surface area (Å²) in [5.41, 5.74) is 4.52. The van der Waals surface area contributed by atoms with E-state index in [0.29, 0.717) is 24.2 Å². The van der Waals surface area contributed by atoms with E-state index < -0.39 is 11.9 Å². The number of fused-ring (bicyclic) bond motifs is 2. The standard InChI is InChI=1S/C28H27NO4S/c1-5-19-16-21(27(30)32-7-3)12-14-22(19)28(31)33-18(4)20-13-15-26-24(17-20)29(6-2)23-10-8-9-11-25(23)34-26/h8-17H,4-7H2,1-3H3. The van der Waals surface area contributed by atoms with Crippen LogP contribution in [0.1, 0.15) is 52.6 Å². The molecule has 0 bridgehead atoms. The van der Waals surface area contributed by atoms with Crippen LogP contribution in [-0.4, -0.2) is 25.1 Å². The fourth-order valence-electron chi connectivity index (χ4n) is 4.00. The fraction of sp³-hybridized carbons (Fsp3) is 0.214. The maximum atomic E-state index is 13.0. The molecule has 0 aromatic heterocycles. The third kappa shape index (κ3) is 4.59. The molecule has 174 valence electrons. The maximum Gasteiger partial charge on any atom is 0.343 e. The van der Waals surface area contributed by atoms with Crippen molar-refractivity contribution in [1.82, 2.24) is 0 Å². The van der Waals surface area contributed by atoms with Gasteiger partial charge in [0.1, 0.15) is 5.76 Å². The summed E-state index contributed by atoms with van der Waals surface area (Å²) in [5, 5.41) is 0. The van der Waals surface area contributed by atoms with Crippen molar-refractivity contribution in [1.29, 1.82) is 0 Å². The number of anilines is 2. The normalized spacial score (nSPS) is 11.9. The molecular weight excluding hydrogens is 446 g/mol. The summed E-state index contributed by atoms with van der Waals surface area (Å²) < 4.78 is 10.7. The van der Waals surface area contributed by atoms with Crippen LogP contribution in [0.2, 0.25) is 0 Å². The molecule has 6 heteroatoms. The molecule has 0 atom stereocenters. The zero-order valence-corrected chi connectivity index (χ0v) is 20.4. The number of hydrogen-bond donors (Lipinski definition) is 0. The van der Waals surface area contributed by atoms with Gasteiger partial charge in [0.05, 0.1) is 29.1 Å². The minimum atomic E-state index is -0.498. The molecule has 0 amide bonds. The third-order valence-corrected chi connectivity index (χ3v) is 6.83. The molecule has 0 spiro atoms. The fourth-order valence-corrected chi connectivity index (χ4v) is 5.07.